The monoisotopic (exact) mass is 259 g/mol. The van der Waals surface area contributed by atoms with Gasteiger partial charge in [0.15, 0.2) is 5.82 Å². The lowest BCUT2D eigenvalue weighted by Gasteiger charge is -2.18. The molecule has 0 saturated heterocycles. The second kappa shape index (κ2) is 4.79. The fraction of sp³-hybridized carbons (Fsp3) is 0.643. The van der Waals surface area contributed by atoms with Crippen LogP contribution in [0.4, 0.5) is 0 Å². The fourth-order valence-corrected chi connectivity index (χ4v) is 2.94. The molecule has 0 N–H and O–H groups in total. The molecule has 3 rings (SSSR count). The van der Waals surface area contributed by atoms with Crippen LogP contribution < -0.4 is 0 Å². The Kier molecular flexibility index (Phi) is 3.12. The van der Waals surface area contributed by atoms with Gasteiger partial charge in [0.1, 0.15) is 11.5 Å². The summed E-state index contributed by atoms with van der Waals surface area (Å²) in [5, 5.41) is 13.3. The standard InChI is InChI=1S/C14H21N5/c1-10-7-5-4-6-8-19-13(10)15-16-14(19)12-9-11(2)17-18(12)3/h9-10H,4-8H2,1-3H3. The van der Waals surface area contributed by atoms with Gasteiger partial charge in [-0.2, -0.15) is 5.10 Å². The molecule has 5 heteroatoms. The highest BCUT2D eigenvalue weighted by atomic mass is 15.3. The van der Waals surface area contributed by atoms with Gasteiger partial charge < -0.3 is 4.57 Å². The first-order valence-corrected chi connectivity index (χ1v) is 7.11. The minimum absolute atomic E-state index is 0.496. The first kappa shape index (κ1) is 12.4. The van der Waals surface area contributed by atoms with Crippen LogP contribution in [0, 0.1) is 6.92 Å². The van der Waals surface area contributed by atoms with Crippen molar-refractivity contribution in [1.29, 1.82) is 0 Å². The van der Waals surface area contributed by atoms with Gasteiger partial charge in [0.2, 0.25) is 0 Å². The molecule has 1 aliphatic rings. The van der Waals surface area contributed by atoms with Crippen LogP contribution in [0.3, 0.4) is 0 Å². The van der Waals surface area contributed by atoms with Crippen LogP contribution in [0.5, 0.6) is 0 Å². The van der Waals surface area contributed by atoms with Crippen molar-refractivity contribution in [2.24, 2.45) is 7.05 Å². The molecule has 0 bridgehead atoms. The van der Waals surface area contributed by atoms with Crippen molar-refractivity contribution in [1.82, 2.24) is 24.5 Å². The van der Waals surface area contributed by atoms with Crippen LogP contribution >= 0.6 is 0 Å². The van der Waals surface area contributed by atoms with E-state index in [0.29, 0.717) is 5.92 Å². The van der Waals surface area contributed by atoms with Gasteiger partial charge in [0, 0.05) is 19.5 Å². The van der Waals surface area contributed by atoms with E-state index in [9.17, 15) is 0 Å². The smallest absolute Gasteiger partial charge is 0.182 e. The summed E-state index contributed by atoms with van der Waals surface area (Å²) in [6, 6.07) is 2.08. The van der Waals surface area contributed by atoms with Crippen LogP contribution in [0.15, 0.2) is 6.07 Å². The maximum absolute atomic E-state index is 4.44. The van der Waals surface area contributed by atoms with Crippen molar-refractivity contribution in [3.8, 4) is 11.5 Å². The molecule has 1 unspecified atom stereocenters. The SMILES string of the molecule is Cc1cc(-c2nnc3n2CCCCCC3C)n(C)n1. The predicted molar refractivity (Wildman–Crippen MR) is 73.8 cm³/mol. The number of aromatic nitrogens is 5. The average molecular weight is 259 g/mol. The Balaban J connectivity index is 2.08. The average Bonchev–Trinajstić information content (AvgIpc) is 2.89. The second-order valence-electron chi connectivity index (χ2n) is 5.58. The molecule has 0 aromatic carbocycles. The molecule has 1 aliphatic heterocycles. The van der Waals surface area contributed by atoms with E-state index in [1.807, 2.05) is 18.7 Å². The molecule has 2 aromatic rings. The number of nitrogens with zero attached hydrogens (tertiary/aromatic N) is 5. The van der Waals surface area contributed by atoms with E-state index in [1.165, 1.54) is 25.7 Å². The van der Waals surface area contributed by atoms with Gasteiger partial charge in [0.25, 0.3) is 0 Å². The Morgan fingerprint density at radius 2 is 2.05 bits per heavy atom. The minimum atomic E-state index is 0.496. The number of fused-ring (bicyclic) bond motifs is 1. The van der Waals surface area contributed by atoms with E-state index in [0.717, 1.165) is 29.6 Å². The van der Waals surface area contributed by atoms with E-state index in [2.05, 4.69) is 32.9 Å². The van der Waals surface area contributed by atoms with Gasteiger partial charge in [-0.1, -0.05) is 19.8 Å². The molecule has 0 aliphatic carbocycles. The van der Waals surface area contributed by atoms with Gasteiger partial charge in [-0.3, -0.25) is 4.68 Å². The van der Waals surface area contributed by atoms with Gasteiger partial charge in [-0.25, -0.2) is 0 Å². The lowest BCUT2D eigenvalue weighted by Crippen LogP contribution is -2.12. The van der Waals surface area contributed by atoms with E-state index >= 15 is 0 Å². The largest absolute Gasteiger partial charge is 0.309 e. The fourth-order valence-electron chi connectivity index (χ4n) is 2.94. The quantitative estimate of drug-likeness (QED) is 0.791. The maximum atomic E-state index is 4.44. The zero-order valence-electron chi connectivity index (χ0n) is 11.9. The molecular formula is C14H21N5. The molecule has 3 heterocycles. The number of hydrogen-bond acceptors (Lipinski definition) is 3. The van der Waals surface area contributed by atoms with Crippen molar-refractivity contribution in [2.45, 2.75) is 52.0 Å². The Hall–Kier alpha value is -1.65. The predicted octanol–water partition coefficient (Wildman–Crippen LogP) is 2.66. The molecule has 0 fully saturated rings. The van der Waals surface area contributed by atoms with Crippen LogP contribution in [0.2, 0.25) is 0 Å². The zero-order valence-corrected chi connectivity index (χ0v) is 11.9. The first-order chi connectivity index (χ1) is 9.16. The lowest BCUT2D eigenvalue weighted by molar-refractivity contribution is 0.474. The summed E-state index contributed by atoms with van der Waals surface area (Å²) in [5.41, 5.74) is 2.08. The van der Waals surface area contributed by atoms with E-state index in [-0.39, 0.29) is 0 Å². The summed E-state index contributed by atoms with van der Waals surface area (Å²) >= 11 is 0. The summed E-state index contributed by atoms with van der Waals surface area (Å²) < 4.78 is 4.19. The topological polar surface area (TPSA) is 48.5 Å². The van der Waals surface area contributed by atoms with E-state index < -0.39 is 0 Å². The molecule has 5 nitrogen and oxygen atoms in total. The first-order valence-electron chi connectivity index (χ1n) is 7.11. The summed E-state index contributed by atoms with van der Waals surface area (Å²) in [4.78, 5) is 0. The van der Waals surface area contributed by atoms with Crippen molar-refractivity contribution in [3.63, 3.8) is 0 Å². The molecule has 1 atom stereocenters. The van der Waals surface area contributed by atoms with Crippen molar-refractivity contribution in [2.75, 3.05) is 0 Å². The molecule has 0 amide bonds. The van der Waals surface area contributed by atoms with E-state index in [1.54, 1.807) is 0 Å². The zero-order chi connectivity index (χ0) is 13.4. The Morgan fingerprint density at radius 3 is 2.79 bits per heavy atom. The van der Waals surface area contributed by atoms with Gasteiger partial charge in [-0.15, -0.1) is 10.2 Å². The Bertz CT molecular complexity index is 581. The van der Waals surface area contributed by atoms with Crippen molar-refractivity contribution >= 4 is 0 Å². The van der Waals surface area contributed by atoms with Crippen molar-refractivity contribution in [3.05, 3.63) is 17.6 Å². The molecule has 19 heavy (non-hydrogen) atoms. The highest BCUT2D eigenvalue weighted by Gasteiger charge is 2.21. The molecular weight excluding hydrogens is 238 g/mol. The van der Waals surface area contributed by atoms with E-state index in [4.69, 9.17) is 0 Å². The molecule has 0 saturated carbocycles. The third-order valence-electron chi connectivity index (χ3n) is 3.97. The molecule has 0 radical (unpaired) electrons. The summed E-state index contributed by atoms with van der Waals surface area (Å²) in [6.07, 6.45) is 5.02. The maximum Gasteiger partial charge on any atom is 0.182 e. The molecule has 2 aromatic heterocycles. The van der Waals surface area contributed by atoms with Gasteiger partial charge >= 0.3 is 0 Å². The normalized spacial score (nSPS) is 19.8. The lowest BCUT2D eigenvalue weighted by atomic mass is 10.0. The third kappa shape index (κ3) is 2.17. The summed E-state index contributed by atoms with van der Waals surface area (Å²) in [5.74, 6) is 2.59. The highest BCUT2D eigenvalue weighted by molar-refractivity contribution is 5.51. The van der Waals surface area contributed by atoms with Crippen LogP contribution in [0.25, 0.3) is 11.5 Å². The minimum Gasteiger partial charge on any atom is -0.309 e. The third-order valence-corrected chi connectivity index (χ3v) is 3.97. The van der Waals surface area contributed by atoms with Crippen LogP contribution in [-0.2, 0) is 13.6 Å². The van der Waals surface area contributed by atoms with Crippen LogP contribution in [-0.4, -0.2) is 24.5 Å². The Morgan fingerprint density at radius 1 is 1.21 bits per heavy atom. The number of aryl methyl sites for hydroxylation is 2. The summed E-state index contributed by atoms with van der Waals surface area (Å²) in [7, 11) is 1.97. The highest BCUT2D eigenvalue weighted by Crippen LogP contribution is 2.28. The van der Waals surface area contributed by atoms with Gasteiger partial charge in [0.05, 0.1) is 5.69 Å². The van der Waals surface area contributed by atoms with Crippen LogP contribution in [0.1, 0.15) is 50.0 Å². The number of hydrogen-bond donors (Lipinski definition) is 0. The second-order valence-corrected chi connectivity index (χ2v) is 5.58. The Labute approximate surface area is 113 Å². The summed E-state index contributed by atoms with van der Waals surface area (Å²) in [6.45, 7) is 5.28. The van der Waals surface area contributed by atoms with Crippen molar-refractivity contribution < 1.29 is 0 Å². The number of rotatable bonds is 1. The molecule has 0 spiro atoms. The molecule has 102 valence electrons. The van der Waals surface area contributed by atoms with Gasteiger partial charge in [-0.05, 0) is 25.8 Å².